The van der Waals surface area contributed by atoms with Crippen LogP contribution in [-0.4, -0.2) is 141 Å². The number of esters is 1. The molecule has 164 valence electrons. The molecule has 3 heterocycles. The molecule has 0 aromatic carbocycles. The first-order chi connectivity index (χ1) is 14.1. The monoisotopic (exact) mass is 409 g/mol. The quantitative estimate of drug-likeness (QED) is 0.492. The van der Waals surface area contributed by atoms with Crippen LogP contribution in [0.5, 0.6) is 0 Å². The second kappa shape index (κ2) is 9.59. The van der Waals surface area contributed by atoms with E-state index in [0.717, 1.165) is 64.9 Å². The van der Waals surface area contributed by atoms with Crippen molar-refractivity contribution in [3.63, 3.8) is 0 Å². The highest BCUT2D eigenvalue weighted by atomic mass is 16.6. The fraction of sp³-hybridized carbons (Fsp3) is 0.900. The lowest BCUT2D eigenvalue weighted by Gasteiger charge is -2.35. The second-order valence-corrected chi connectivity index (χ2v) is 8.71. The Morgan fingerprint density at radius 3 is 2.28 bits per heavy atom. The molecule has 1 saturated carbocycles. The summed E-state index contributed by atoms with van der Waals surface area (Å²) >= 11 is 0. The average Bonchev–Trinajstić information content (AvgIpc) is 3.52. The van der Waals surface area contributed by atoms with Gasteiger partial charge in [0.25, 0.3) is 0 Å². The molecular weight excluding hydrogens is 374 g/mol. The fourth-order valence-corrected chi connectivity index (χ4v) is 4.57. The molecule has 4 rings (SSSR count). The van der Waals surface area contributed by atoms with Gasteiger partial charge in [-0.2, -0.15) is 0 Å². The Balaban J connectivity index is 1.12. The molecular formula is C20H35N5O4. The Morgan fingerprint density at radius 1 is 0.966 bits per heavy atom. The molecule has 0 bridgehead atoms. The molecule has 1 aliphatic carbocycles. The van der Waals surface area contributed by atoms with E-state index in [0.29, 0.717) is 13.1 Å². The average molecular weight is 410 g/mol. The number of methoxy groups -OCH3 is 1. The zero-order chi connectivity index (χ0) is 20.2. The van der Waals surface area contributed by atoms with E-state index in [2.05, 4.69) is 19.6 Å². The summed E-state index contributed by atoms with van der Waals surface area (Å²) in [6, 6.07) is 0.855. The van der Waals surface area contributed by atoms with E-state index in [1.807, 2.05) is 4.90 Å². The van der Waals surface area contributed by atoms with Crippen molar-refractivity contribution in [2.45, 2.75) is 25.0 Å². The van der Waals surface area contributed by atoms with Crippen LogP contribution in [0, 0.1) is 0 Å². The Bertz CT molecular complexity index is 571. The second-order valence-electron chi connectivity index (χ2n) is 8.71. The summed E-state index contributed by atoms with van der Waals surface area (Å²) in [5, 5.41) is 0. The molecule has 9 heteroatoms. The van der Waals surface area contributed by atoms with Gasteiger partial charge < -0.3 is 14.4 Å². The molecule has 0 spiro atoms. The van der Waals surface area contributed by atoms with E-state index in [9.17, 15) is 9.59 Å². The number of hydrogen-bond donors (Lipinski definition) is 0. The van der Waals surface area contributed by atoms with Gasteiger partial charge in [-0.1, -0.05) is 0 Å². The zero-order valence-corrected chi connectivity index (χ0v) is 17.6. The van der Waals surface area contributed by atoms with Crippen molar-refractivity contribution in [1.82, 2.24) is 24.5 Å². The molecule has 9 nitrogen and oxygen atoms in total. The van der Waals surface area contributed by atoms with Gasteiger partial charge in [-0.3, -0.25) is 24.4 Å². The van der Waals surface area contributed by atoms with E-state index in [1.54, 1.807) is 0 Å². The summed E-state index contributed by atoms with van der Waals surface area (Å²) in [6.07, 6.45) is 2.53. The van der Waals surface area contributed by atoms with E-state index in [4.69, 9.17) is 9.47 Å². The molecule has 1 atom stereocenters. The number of piperazine rings is 2. The van der Waals surface area contributed by atoms with Gasteiger partial charge in [-0.05, 0) is 12.8 Å². The molecule has 29 heavy (non-hydrogen) atoms. The van der Waals surface area contributed by atoms with Crippen LogP contribution in [0.15, 0.2) is 0 Å². The summed E-state index contributed by atoms with van der Waals surface area (Å²) in [4.78, 5) is 35.0. The summed E-state index contributed by atoms with van der Waals surface area (Å²) < 4.78 is 10.3. The van der Waals surface area contributed by atoms with Gasteiger partial charge in [0.2, 0.25) is 0 Å². The maximum atomic E-state index is 12.3. The van der Waals surface area contributed by atoms with Gasteiger partial charge in [0.05, 0.1) is 20.2 Å². The number of carbonyl (C=O) groups excluding carboxylic acids is 2. The minimum Gasteiger partial charge on any atom is -0.468 e. The normalized spacial score (nSPS) is 28.0. The molecule has 0 aromatic rings. The Hall–Kier alpha value is -1.42. The van der Waals surface area contributed by atoms with Crippen LogP contribution in [0.25, 0.3) is 0 Å². The first-order valence-corrected chi connectivity index (χ1v) is 11.0. The van der Waals surface area contributed by atoms with Crippen LogP contribution < -0.4 is 0 Å². The summed E-state index contributed by atoms with van der Waals surface area (Å²) in [5.41, 5.74) is 0. The summed E-state index contributed by atoms with van der Waals surface area (Å²) in [5.74, 6) is -0.187. The third-order valence-electron chi connectivity index (χ3n) is 6.61. The number of amides is 1. The topological polar surface area (TPSA) is 68.8 Å². The SMILES string of the molecule is COC(=O)CN1CCN(CC2CN(CCN3CCN(C4CC4)CC3)C(=O)O2)CC1. The van der Waals surface area contributed by atoms with E-state index in [-0.39, 0.29) is 18.2 Å². The third kappa shape index (κ3) is 5.81. The van der Waals surface area contributed by atoms with Crippen molar-refractivity contribution in [2.75, 3.05) is 92.2 Å². The smallest absolute Gasteiger partial charge is 0.410 e. The van der Waals surface area contributed by atoms with Crippen molar-refractivity contribution in [3.05, 3.63) is 0 Å². The highest BCUT2D eigenvalue weighted by molar-refractivity contribution is 5.71. The first-order valence-electron chi connectivity index (χ1n) is 11.0. The Labute approximate surface area is 173 Å². The van der Waals surface area contributed by atoms with Gasteiger partial charge in [0.1, 0.15) is 6.10 Å². The Kier molecular flexibility index (Phi) is 6.89. The van der Waals surface area contributed by atoms with Crippen LogP contribution in [0.4, 0.5) is 4.79 Å². The van der Waals surface area contributed by atoms with Crippen molar-refractivity contribution >= 4 is 12.1 Å². The highest BCUT2D eigenvalue weighted by Crippen LogP contribution is 2.27. The van der Waals surface area contributed by atoms with Gasteiger partial charge >= 0.3 is 12.1 Å². The van der Waals surface area contributed by atoms with Crippen molar-refractivity contribution in [3.8, 4) is 0 Å². The van der Waals surface area contributed by atoms with Gasteiger partial charge in [0, 0.05) is 78.0 Å². The molecule has 0 N–H and O–H groups in total. The van der Waals surface area contributed by atoms with E-state index < -0.39 is 0 Å². The number of ether oxygens (including phenoxy) is 2. The van der Waals surface area contributed by atoms with Gasteiger partial charge in [-0.15, -0.1) is 0 Å². The van der Waals surface area contributed by atoms with Crippen LogP contribution in [-0.2, 0) is 14.3 Å². The highest BCUT2D eigenvalue weighted by Gasteiger charge is 2.34. The van der Waals surface area contributed by atoms with Crippen LogP contribution in [0.1, 0.15) is 12.8 Å². The molecule has 1 amide bonds. The maximum absolute atomic E-state index is 12.3. The lowest BCUT2D eigenvalue weighted by molar-refractivity contribution is -0.142. The Morgan fingerprint density at radius 2 is 1.62 bits per heavy atom. The molecule has 4 fully saturated rings. The molecule has 0 radical (unpaired) electrons. The summed E-state index contributed by atoms with van der Waals surface area (Å²) in [6.45, 7) is 11.5. The number of carbonyl (C=O) groups is 2. The van der Waals surface area contributed by atoms with Crippen molar-refractivity contribution in [1.29, 1.82) is 0 Å². The molecule has 4 aliphatic rings. The predicted molar refractivity (Wildman–Crippen MR) is 108 cm³/mol. The lowest BCUT2D eigenvalue weighted by Crippen LogP contribution is -2.50. The van der Waals surface area contributed by atoms with E-state index in [1.165, 1.54) is 33.0 Å². The molecule has 3 aliphatic heterocycles. The maximum Gasteiger partial charge on any atom is 0.410 e. The third-order valence-corrected chi connectivity index (χ3v) is 6.61. The number of hydrogen-bond acceptors (Lipinski definition) is 8. The number of cyclic esters (lactones) is 1. The zero-order valence-electron chi connectivity index (χ0n) is 17.6. The minimum atomic E-state index is -0.187. The number of nitrogens with zero attached hydrogens (tertiary/aromatic N) is 5. The minimum absolute atomic E-state index is 0.0543. The molecule has 0 aromatic heterocycles. The fourth-order valence-electron chi connectivity index (χ4n) is 4.57. The molecule has 1 unspecified atom stereocenters. The lowest BCUT2D eigenvalue weighted by atomic mass is 10.2. The number of rotatable bonds is 8. The predicted octanol–water partition coefficient (Wildman–Crippen LogP) is -0.622. The van der Waals surface area contributed by atoms with Crippen LogP contribution in [0.2, 0.25) is 0 Å². The van der Waals surface area contributed by atoms with Crippen LogP contribution >= 0.6 is 0 Å². The van der Waals surface area contributed by atoms with Gasteiger partial charge in [0.15, 0.2) is 0 Å². The van der Waals surface area contributed by atoms with Crippen molar-refractivity contribution < 1.29 is 19.1 Å². The largest absolute Gasteiger partial charge is 0.468 e. The summed E-state index contributed by atoms with van der Waals surface area (Å²) in [7, 11) is 1.42. The van der Waals surface area contributed by atoms with Crippen molar-refractivity contribution in [2.24, 2.45) is 0 Å². The van der Waals surface area contributed by atoms with E-state index >= 15 is 0 Å². The van der Waals surface area contributed by atoms with Gasteiger partial charge in [-0.25, -0.2) is 4.79 Å². The molecule has 3 saturated heterocycles. The van der Waals surface area contributed by atoms with Crippen LogP contribution in [0.3, 0.4) is 0 Å². The first kappa shape index (κ1) is 20.8. The standard InChI is InChI=1S/C20H35N5O4/c1-28-19(26)16-23-6-4-22(5-7-23)14-18-15-25(20(27)29-18)13-10-21-8-11-24(12-9-21)17-2-3-17/h17-18H,2-16H2,1H3.